The molecular weight excluding hydrogens is 343 g/mol. The van der Waals surface area contributed by atoms with Crippen LogP contribution in [-0.2, 0) is 4.79 Å². The molecule has 2 heterocycles. The Balaban J connectivity index is 1.36. The Labute approximate surface area is 157 Å². The minimum atomic E-state index is -0.230. The third-order valence-corrected chi connectivity index (χ3v) is 5.15. The summed E-state index contributed by atoms with van der Waals surface area (Å²) in [5.74, 6) is 0.935. The lowest BCUT2D eigenvalue weighted by Gasteiger charge is -2.32. The average molecular weight is 366 g/mol. The van der Waals surface area contributed by atoms with E-state index in [1.807, 2.05) is 41.3 Å². The lowest BCUT2D eigenvalue weighted by atomic mass is 9.94. The van der Waals surface area contributed by atoms with Gasteiger partial charge in [0.1, 0.15) is 11.6 Å². The number of ether oxygens (including phenoxy) is 1. The quantitative estimate of drug-likeness (QED) is 0.723. The molecular formula is C22H23FN2O2. The molecule has 1 N–H and O–H groups in total. The molecule has 1 aliphatic rings. The molecule has 1 unspecified atom stereocenters. The van der Waals surface area contributed by atoms with Gasteiger partial charge in [-0.3, -0.25) is 4.79 Å². The van der Waals surface area contributed by atoms with Gasteiger partial charge in [0.15, 0.2) is 0 Å². The number of aromatic amines is 1. The SMILES string of the molecule is O=C(CCOc1ccccc1)N1CCCC(c2cc3cc(F)ccc3[nH]2)C1. The van der Waals surface area contributed by atoms with Gasteiger partial charge >= 0.3 is 0 Å². The van der Waals surface area contributed by atoms with E-state index in [1.165, 1.54) is 6.07 Å². The number of para-hydroxylation sites is 1. The van der Waals surface area contributed by atoms with Crippen LogP contribution >= 0.6 is 0 Å². The molecule has 3 aromatic rings. The lowest BCUT2D eigenvalue weighted by molar-refractivity contribution is -0.132. The Morgan fingerprint density at radius 2 is 2.04 bits per heavy atom. The van der Waals surface area contributed by atoms with Crippen LogP contribution in [0.15, 0.2) is 54.6 Å². The van der Waals surface area contributed by atoms with E-state index in [2.05, 4.69) is 4.98 Å². The number of likely N-dealkylation sites (tertiary alicyclic amines) is 1. The second-order valence-corrected chi connectivity index (χ2v) is 7.05. The van der Waals surface area contributed by atoms with Crippen LogP contribution in [-0.4, -0.2) is 35.5 Å². The number of carbonyl (C=O) groups excluding carboxylic acids is 1. The zero-order valence-electron chi connectivity index (χ0n) is 15.2. The van der Waals surface area contributed by atoms with E-state index in [-0.39, 0.29) is 17.6 Å². The minimum Gasteiger partial charge on any atom is -0.493 e. The van der Waals surface area contributed by atoms with E-state index in [0.717, 1.165) is 41.7 Å². The van der Waals surface area contributed by atoms with Gasteiger partial charge < -0.3 is 14.6 Å². The molecule has 0 radical (unpaired) electrons. The Morgan fingerprint density at radius 3 is 2.89 bits per heavy atom. The van der Waals surface area contributed by atoms with E-state index >= 15 is 0 Å². The van der Waals surface area contributed by atoms with Crippen LogP contribution in [0.5, 0.6) is 5.75 Å². The van der Waals surface area contributed by atoms with Crippen LogP contribution < -0.4 is 4.74 Å². The number of hydrogen-bond donors (Lipinski definition) is 1. The second-order valence-electron chi connectivity index (χ2n) is 7.05. The van der Waals surface area contributed by atoms with Crippen LogP contribution in [0.1, 0.15) is 30.9 Å². The molecule has 1 aliphatic heterocycles. The van der Waals surface area contributed by atoms with Gasteiger partial charge in [0.2, 0.25) is 5.91 Å². The molecule has 27 heavy (non-hydrogen) atoms. The third-order valence-electron chi connectivity index (χ3n) is 5.15. The summed E-state index contributed by atoms with van der Waals surface area (Å²) in [5, 5.41) is 0.879. The first kappa shape index (κ1) is 17.6. The average Bonchev–Trinajstić information content (AvgIpc) is 3.12. The first-order valence-electron chi connectivity index (χ1n) is 9.43. The number of nitrogens with one attached hydrogen (secondary N) is 1. The summed E-state index contributed by atoms with van der Waals surface area (Å²) >= 11 is 0. The highest BCUT2D eigenvalue weighted by Crippen LogP contribution is 2.29. The van der Waals surface area contributed by atoms with Crippen LogP contribution in [0.4, 0.5) is 4.39 Å². The van der Waals surface area contributed by atoms with Gasteiger partial charge in [0, 0.05) is 35.6 Å². The van der Waals surface area contributed by atoms with Crippen molar-refractivity contribution in [1.29, 1.82) is 0 Å². The highest BCUT2D eigenvalue weighted by atomic mass is 19.1. The van der Waals surface area contributed by atoms with E-state index in [0.29, 0.717) is 19.6 Å². The molecule has 0 saturated carbocycles. The first-order valence-corrected chi connectivity index (χ1v) is 9.43. The first-order chi connectivity index (χ1) is 13.2. The highest BCUT2D eigenvalue weighted by Gasteiger charge is 2.25. The van der Waals surface area contributed by atoms with Gasteiger partial charge in [-0.05, 0) is 49.2 Å². The Kier molecular flexibility index (Phi) is 5.10. The summed E-state index contributed by atoms with van der Waals surface area (Å²) in [5.41, 5.74) is 2.01. The standard InChI is InChI=1S/C22H23FN2O2/c23-18-8-9-20-17(13-18)14-21(24-20)16-5-4-11-25(15-16)22(26)10-12-27-19-6-2-1-3-7-19/h1-3,6-9,13-14,16,24H,4-5,10-12,15H2. The lowest BCUT2D eigenvalue weighted by Crippen LogP contribution is -2.39. The summed E-state index contributed by atoms with van der Waals surface area (Å²) in [6, 6.07) is 16.3. The maximum atomic E-state index is 13.4. The maximum Gasteiger partial charge on any atom is 0.226 e. The molecule has 1 atom stereocenters. The molecule has 0 spiro atoms. The number of rotatable bonds is 5. The summed E-state index contributed by atoms with van der Waals surface area (Å²) in [6.45, 7) is 1.87. The van der Waals surface area contributed by atoms with E-state index in [1.54, 1.807) is 12.1 Å². The molecule has 1 fully saturated rings. The number of fused-ring (bicyclic) bond motifs is 1. The largest absolute Gasteiger partial charge is 0.493 e. The number of aromatic nitrogens is 1. The van der Waals surface area contributed by atoms with Crippen molar-refractivity contribution in [2.45, 2.75) is 25.2 Å². The van der Waals surface area contributed by atoms with Gasteiger partial charge in [-0.25, -0.2) is 4.39 Å². The number of hydrogen-bond acceptors (Lipinski definition) is 2. The monoisotopic (exact) mass is 366 g/mol. The zero-order chi connectivity index (χ0) is 18.6. The summed E-state index contributed by atoms with van der Waals surface area (Å²) in [6.07, 6.45) is 2.37. The number of benzene rings is 2. The second kappa shape index (κ2) is 7.82. The summed E-state index contributed by atoms with van der Waals surface area (Å²) in [4.78, 5) is 17.9. The molecule has 0 bridgehead atoms. The van der Waals surface area contributed by atoms with Crippen molar-refractivity contribution in [2.75, 3.05) is 19.7 Å². The normalized spacial score (nSPS) is 17.2. The number of halogens is 1. The van der Waals surface area contributed by atoms with Gasteiger partial charge in [0.05, 0.1) is 13.0 Å². The molecule has 2 aromatic carbocycles. The van der Waals surface area contributed by atoms with Crippen molar-refractivity contribution in [3.05, 3.63) is 66.1 Å². The van der Waals surface area contributed by atoms with Crippen LogP contribution in [0.25, 0.3) is 10.9 Å². The number of H-pyrrole nitrogens is 1. The highest BCUT2D eigenvalue weighted by molar-refractivity contribution is 5.80. The third kappa shape index (κ3) is 4.13. The predicted octanol–water partition coefficient (Wildman–Crippen LogP) is 4.48. The van der Waals surface area contributed by atoms with Crippen molar-refractivity contribution in [1.82, 2.24) is 9.88 Å². The number of nitrogens with zero attached hydrogens (tertiary/aromatic N) is 1. The van der Waals surface area contributed by atoms with Crippen molar-refractivity contribution in [3.8, 4) is 5.75 Å². The van der Waals surface area contributed by atoms with Gasteiger partial charge in [0.25, 0.3) is 0 Å². The molecule has 1 aromatic heterocycles. The van der Waals surface area contributed by atoms with Crippen LogP contribution in [0, 0.1) is 5.82 Å². The van der Waals surface area contributed by atoms with E-state index in [4.69, 9.17) is 4.74 Å². The van der Waals surface area contributed by atoms with E-state index in [9.17, 15) is 9.18 Å². The van der Waals surface area contributed by atoms with Crippen molar-refractivity contribution < 1.29 is 13.9 Å². The molecule has 140 valence electrons. The van der Waals surface area contributed by atoms with Gasteiger partial charge in [-0.15, -0.1) is 0 Å². The molecule has 4 nitrogen and oxygen atoms in total. The predicted molar refractivity (Wildman–Crippen MR) is 103 cm³/mol. The maximum absolute atomic E-state index is 13.4. The van der Waals surface area contributed by atoms with Gasteiger partial charge in [-0.2, -0.15) is 0 Å². The molecule has 1 saturated heterocycles. The molecule has 1 amide bonds. The Hall–Kier alpha value is -2.82. The number of piperidine rings is 1. The van der Waals surface area contributed by atoms with Gasteiger partial charge in [-0.1, -0.05) is 18.2 Å². The van der Waals surface area contributed by atoms with Crippen molar-refractivity contribution in [2.24, 2.45) is 0 Å². The Bertz CT molecular complexity index is 922. The fraction of sp³-hybridized carbons (Fsp3) is 0.318. The number of amides is 1. The van der Waals surface area contributed by atoms with E-state index < -0.39 is 0 Å². The minimum absolute atomic E-state index is 0.123. The fourth-order valence-corrected chi connectivity index (χ4v) is 3.73. The smallest absolute Gasteiger partial charge is 0.226 e. The Morgan fingerprint density at radius 1 is 1.19 bits per heavy atom. The van der Waals surface area contributed by atoms with Crippen molar-refractivity contribution >= 4 is 16.8 Å². The molecule has 0 aliphatic carbocycles. The van der Waals surface area contributed by atoms with Crippen LogP contribution in [0.3, 0.4) is 0 Å². The number of carbonyl (C=O) groups is 1. The zero-order valence-corrected chi connectivity index (χ0v) is 15.2. The van der Waals surface area contributed by atoms with Crippen molar-refractivity contribution in [3.63, 3.8) is 0 Å². The fourth-order valence-electron chi connectivity index (χ4n) is 3.73. The topological polar surface area (TPSA) is 45.3 Å². The molecule has 4 rings (SSSR count). The summed E-state index contributed by atoms with van der Waals surface area (Å²) in [7, 11) is 0. The summed E-state index contributed by atoms with van der Waals surface area (Å²) < 4.78 is 19.1. The van der Waals surface area contributed by atoms with Crippen LogP contribution in [0.2, 0.25) is 0 Å². The molecule has 5 heteroatoms.